The second-order valence-corrected chi connectivity index (χ2v) is 13.4. The van der Waals surface area contributed by atoms with Crippen molar-refractivity contribution >= 4 is 38.7 Å². The summed E-state index contributed by atoms with van der Waals surface area (Å²) < 4.78 is 10.4. The number of aromatic nitrogens is 5. The van der Waals surface area contributed by atoms with E-state index in [1.807, 2.05) is 37.6 Å². The van der Waals surface area contributed by atoms with Crippen LogP contribution in [0, 0.1) is 17.8 Å². The highest BCUT2D eigenvalue weighted by molar-refractivity contribution is 6.00. The van der Waals surface area contributed by atoms with E-state index in [9.17, 15) is 4.79 Å². The monoisotopic (exact) mass is 596 g/mol. The van der Waals surface area contributed by atoms with Crippen LogP contribution in [-0.2, 0) is 13.6 Å². The van der Waals surface area contributed by atoms with Crippen LogP contribution in [0.15, 0.2) is 67.0 Å². The highest BCUT2D eigenvalue weighted by Gasteiger charge is 2.46. The number of benzene rings is 2. The van der Waals surface area contributed by atoms with Crippen molar-refractivity contribution in [2.45, 2.75) is 45.2 Å². The standard InChI is InChI=1S/C37H36N6O2/c1-21-27-9-11-31(21)43(20-27)37(44)28-15-30-34(33(17-28)45-3)41(2)36(40-30)32-16-25-8-10-29(39-35(25)42(32)19-22-4-5-22)24-6-7-26-18-38-13-12-23(26)14-24/h6-8,10,12-18,21-22,27,31H,4-5,9,11,19-20H2,1-3H3/t21-,27?,31?/m1/s1. The Morgan fingerprint density at radius 2 is 1.82 bits per heavy atom. The van der Waals surface area contributed by atoms with Crippen molar-refractivity contribution in [2.75, 3.05) is 13.7 Å². The molecule has 8 nitrogen and oxygen atoms in total. The maximum Gasteiger partial charge on any atom is 0.254 e. The average molecular weight is 597 g/mol. The van der Waals surface area contributed by atoms with Gasteiger partial charge >= 0.3 is 0 Å². The Kier molecular flexibility index (Phi) is 5.86. The van der Waals surface area contributed by atoms with Crippen LogP contribution >= 0.6 is 0 Å². The molecule has 4 aromatic heterocycles. The molecule has 2 aromatic carbocycles. The minimum absolute atomic E-state index is 0.0889. The maximum absolute atomic E-state index is 13.8. The first-order valence-electron chi connectivity index (χ1n) is 16.2. The molecule has 226 valence electrons. The van der Waals surface area contributed by atoms with E-state index in [0.29, 0.717) is 35.1 Å². The van der Waals surface area contributed by atoms with Gasteiger partial charge in [0.25, 0.3) is 5.91 Å². The predicted molar refractivity (Wildman–Crippen MR) is 176 cm³/mol. The number of imidazole rings is 1. The molecule has 2 unspecified atom stereocenters. The van der Waals surface area contributed by atoms with Crippen molar-refractivity contribution in [3.05, 3.63) is 72.6 Å². The van der Waals surface area contributed by atoms with Gasteiger partial charge in [0, 0.05) is 60.5 Å². The molecular weight excluding hydrogens is 560 g/mol. The van der Waals surface area contributed by atoms with E-state index in [4.69, 9.17) is 14.7 Å². The van der Waals surface area contributed by atoms with E-state index >= 15 is 0 Å². The molecule has 2 bridgehead atoms. The molecule has 3 aliphatic rings. The van der Waals surface area contributed by atoms with Crippen molar-refractivity contribution in [1.29, 1.82) is 0 Å². The molecule has 45 heavy (non-hydrogen) atoms. The largest absolute Gasteiger partial charge is 0.494 e. The summed E-state index contributed by atoms with van der Waals surface area (Å²) in [6, 6.07) is 19.2. The van der Waals surface area contributed by atoms with Crippen molar-refractivity contribution in [2.24, 2.45) is 24.8 Å². The third-order valence-corrected chi connectivity index (χ3v) is 10.7. The second kappa shape index (κ2) is 9.89. The zero-order chi connectivity index (χ0) is 30.4. The summed E-state index contributed by atoms with van der Waals surface area (Å²) in [6.45, 7) is 4.05. The zero-order valence-electron chi connectivity index (χ0n) is 25.9. The van der Waals surface area contributed by atoms with Gasteiger partial charge in [-0.1, -0.05) is 19.1 Å². The number of rotatable bonds is 6. The molecule has 3 atom stereocenters. The lowest BCUT2D eigenvalue weighted by atomic mass is 10.0. The summed E-state index contributed by atoms with van der Waals surface area (Å²) in [5.74, 6) is 3.44. The lowest BCUT2D eigenvalue weighted by molar-refractivity contribution is 0.0696. The molecule has 9 rings (SSSR count). The number of aryl methyl sites for hydroxylation is 1. The fourth-order valence-electron chi connectivity index (χ4n) is 7.99. The van der Waals surface area contributed by atoms with E-state index in [0.717, 1.165) is 75.1 Å². The summed E-state index contributed by atoms with van der Waals surface area (Å²) in [7, 11) is 3.71. The summed E-state index contributed by atoms with van der Waals surface area (Å²) in [5.41, 5.74) is 6.35. The van der Waals surface area contributed by atoms with Crippen LogP contribution in [-0.4, -0.2) is 54.6 Å². The normalized spacial score (nSPS) is 21.0. The van der Waals surface area contributed by atoms with Crippen LogP contribution in [0.2, 0.25) is 0 Å². The highest BCUT2D eigenvalue weighted by atomic mass is 16.5. The fourth-order valence-corrected chi connectivity index (χ4v) is 7.99. The number of pyridine rings is 2. The van der Waals surface area contributed by atoms with Crippen LogP contribution in [0.5, 0.6) is 5.75 Å². The Hall–Kier alpha value is -4.72. The summed E-state index contributed by atoms with van der Waals surface area (Å²) >= 11 is 0. The molecule has 2 saturated carbocycles. The summed E-state index contributed by atoms with van der Waals surface area (Å²) in [5, 5.41) is 3.36. The zero-order valence-corrected chi connectivity index (χ0v) is 25.9. The van der Waals surface area contributed by atoms with Gasteiger partial charge < -0.3 is 18.8 Å². The quantitative estimate of drug-likeness (QED) is 0.205. The number of ether oxygens (including phenoxy) is 1. The minimum atomic E-state index is 0.0889. The van der Waals surface area contributed by atoms with E-state index in [1.165, 1.54) is 19.3 Å². The van der Waals surface area contributed by atoms with Crippen molar-refractivity contribution in [1.82, 2.24) is 29.0 Å². The predicted octanol–water partition coefficient (Wildman–Crippen LogP) is 7.09. The van der Waals surface area contributed by atoms with Gasteiger partial charge in [0.15, 0.2) is 5.82 Å². The van der Waals surface area contributed by atoms with Crippen LogP contribution in [0.4, 0.5) is 0 Å². The van der Waals surface area contributed by atoms with Gasteiger partial charge in [0.05, 0.1) is 24.0 Å². The molecule has 1 aliphatic heterocycles. The Bertz CT molecular complexity index is 2160. The molecule has 8 heteroatoms. The Labute approximate surface area is 261 Å². The third kappa shape index (κ3) is 4.18. The van der Waals surface area contributed by atoms with Crippen molar-refractivity contribution in [3.8, 4) is 28.5 Å². The number of likely N-dealkylation sites (tertiary alicyclic amines) is 1. The number of carbonyl (C=O) groups is 1. The Morgan fingerprint density at radius 1 is 0.956 bits per heavy atom. The van der Waals surface area contributed by atoms with Gasteiger partial charge in [-0.25, -0.2) is 9.97 Å². The molecule has 1 saturated heterocycles. The van der Waals surface area contributed by atoms with Crippen LogP contribution in [0.25, 0.3) is 55.6 Å². The summed E-state index contributed by atoms with van der Waals surface area (Å²) in [6.07, 6.45) is 8.52. The van der Waals surface area contributed by atoms with E-state index in [1.54, 1.807) is 7.11 Å². The number of piperidine rings is 1. The van der Waals surface area contributed by atoms with E-state index in [-0.39, 0.29) is 5.91 Å². The number of nitrogens with zero attached hydrogens (tertiary/aromatic N) is 6. The number of carbonyl (C=O) groups excluding carboxylic acids is 1. The van der Waals surface area contributed by atoms with Gasteiger partial charge in [0.2, 0.25) is 0 Å². The van der Waals surface area contributed by atoms with Gasteiger partial charge in [0.1, 0.15) is 16.9 Å². The Balaban J connectivity index is 1.15. The van der Waals surface area contributed by atoms with E-state index < -0.39 is 0 Å². The number of methoxy groups -OCH3 is 1. The first-order valence-corrected chi connectivity index (χ1v) is 16.2. The van der Waals surface area contributed by atoms with Crippen LogP contribution < -0.4 is 4.74 Å². The number of hydrogen-bond acceptors (Lipinski definition) is 5. The highest BCUT2D eigenvalue weighted by Crippen LogP contribution is 2.44. The Morgan fingerprint density at radius 3 is 2.60 bits per heavy atom. The first kappa shape index (κ1) is 26.7. The smallest absolute Gasteiger partial charge is 0.254 e. The number of amides is 1. The molecule has 3 fully saturated rings. The fraction of sp³-hybridized carbons (Fsp3) is 0.351. The third-order valence-electron chi connectivity index (χ3n) is 10.7. The van der Waals surface area contributed by atoms with E-state index in [2.05, 4.69) is 62.3 Å². The molecule has 2 aliphatic carbocycles. The van der Waals surface area contributed by atoms with Crippen molar-refractivity contribution < 1.29 is 9.53 Å². The summed E-state index contributed by atoms with van der Waals surface area (Å²) in [4.78, 5) is 30.6. The maximum atomic E-state index is 13.8. The lowest BCUT2D eigenvalue weighted by Crippen LogP contribution is -2.38. The average Bonchev–Trinajstić information content (AvgIpc) is 3.47. The SMILES string of the molecule is COc1cc(C(=O)N2CC3CCC2[C@@H]3C)cc2nc(-c3cc4ccc(-c5ccc6cnccc6c5)nc4n3CC3CC3)n(C)c12. The molecule has 1 amide bonds. The molecule has 0 N–H and O–H groups in total. The minimum Gasteiger partial charge on any atom is -0.494 e. The van der Waals surface area contributed by atoms with Gasteiger partial charge in [-0.15, -0.1) is 0 Å². The second-order valence-electron chi connectivity index (χ2n) is 13.4. The van der Waals surface area contributed by atoms with Gasteiger partial charge in [-0.3, -0.25) is 9.78 Å². The molecule has 0 spiro atoms. The molecular formula is C37H36N6O2. The van der Waals surface area contributed by atoms with Gasteiger partial charge in [-0.2, -0.15) is 0 Å². The number of hydrogen-bond donors (Lipinski definition) is 0. The first-order chi connectivity index (χ1) is 22.0. The molecule has 6 aromatic rings. The van der Waals surface area contributed by atoms with Gasteiger partial charge in [-0.05, 0) is 91.3 Å². The number of fused-ring (bicyclic) bond motifs is 5. The van der Waals surface area contributed by atoms with Crippen LogP contribution in [0.1, 0.15) is 43.0 Å². The molecule has 5 heterocycles. The lowest BCUT2D eigenvalue weighted by Gasteiger charge is -2.27. The molecule has 0 radical (unpaired) electrons. The van der Waals surface area contributed by atoms with Crippen LogP contribution in [0.3, 0.4) is 0 Å². The van der Waals surface area contributed by atoms with Crippen molar-refractivity contribution in [3.63, 3.8) is 0 Å². The topological polar surface area (TPSA) is 78.1 Å².